The van der Waals surface area contributed by atoms with Gasteiger partial charge in [-0.15, -0.1) is 0 Å². The lowest BCUT2D eigenvalue weighted by molar-refractivity contribution is -0.826. The Kier molecular flexibility index (Phi) is 5.07. The van der Waals surface area contributed by atoms with E-state index in [4.69, 9.17) is 10.5 Å². The van der Waals surface area contributed by atoms with E-state index in [0.29, 0.717) is 36.6 Å². The molecule has 156 valence electrons. The molecule has 0 radical (unpaired) electrons. The predicted molar refractivity (Wildman–Crippen MR) is 105 cm³/mol. The van der Waals surface area contributed by atoms with Crippen molar-refractivity contribution >= 4 is 11.9 Å². The molecule has 4 aliphatic rings. The smallest absolute Gasteiger partial charge is 0.293 e. The Morgan fingerprint density at radius 3 is 2.89 bits per heavy atom. The molecule has 0 aromatic rings. The number of allylic oxidation sites excluding steroid dienone is 1. The third-order valence-corrected chi connectivity index (χ3v) is 8.73. The van der Waals surface area contributed by atoms with Crippen molar-refractivity contribution in [1.82, 2.24) is 0 Å². The number of carbonyl (C=O) groups excluding carboxylic acids is 1. The molecule has 2 spiro atoms. The molecule has 28 heavy (non-hydrogen) atoms. The van der Waals surface area contributed by atoms with Crippen LogP contribution in [0.15, 0.2) is 16.1 Å². The number of quaternary nitrogens is 1. The molecule has 3 N–H and O–H groups in total. The molecule has 1 unspecified atom stereocenters. The zero-order valence-electron chi connectivity index (χ0n) is 17.6. The van der Waals surface area contributed by atoms with E-state index in [1.54, 1.807) is 7.05 Å². The molecular weight excluding hydrogens is 354 g/mol. The number of piperidine rings is 1. The quantitative estimate of drug-likeness (QED) is 0.528. The number of carbonyl (C=O) groups is 1. The van der Waals surface area contributed by atoms with Crippen LogP contribution in [0.25, 0.3) is 0 Å². The minimum Gasteiger partial charge on any atom is -0.545 e. The molecule has 2 bridgehead atoms. The summed E-state index contributed by atoms with van der Waals surface area (Å²) in [5.74, 6) is 0.729. The van der Waals surface area contributed by atoms with Gasteiger partial charge in [0.2, 0.25) is 0 Å². The Morgan fingerprint density at radius 1 is 1.43 bits per heavy atom. The molecule has 1 heterocycles. The SMILES string of the molecule is CCOC[C@H]1C[C@@]23C(=C1C(=O)[O-])C[C@@H](CC[C@H]2C)[C@]31CCC[NH+](C(N)=NC)C1. The van der Waals surface area contributed by atoms with Crippen molar-refractivity contribution in [3.05, 3.63) is 11.1 Å². The van der Waals surface area contributed by atoms with Gasteiger partial charge in [-0.3, -0.25) is 4.90 Å². The second-order valence-electron chi connectivity index (χ2n) is 9.49. The molecular formula is C22H35N3O3. The monoisotopic (exact) mass is 389 g/mol. The Morgan fingerprint density at radius 2 is 2.21 bits per heavy atom. The topological polar surface area (TPSA) is 92.2 Å². The summed E-state index contributed by atoms with van der Waals surface area (Å²) in [4.78, 5) is 17.8. The van der Waals surface area contributed by atoms with Crippen LogP contribution >= 0.6 is 0 Å². The normalized spacial score (nSPS) is 42.9. The number of aliphatic imine (C=N–C) groups is 1. The number of carboxylic acid groups (broad SMARTS) is 1. The molecule has 0 amide bonds. The highest BCUT2D eigenvalue weighted by molar-refractivity contribution is 5.88. The van der Waals surface area contributed by atoms with Crippen molar-refractivity contribution in [1.29, 1.82) is 0 Å². The summed E-state index contributed by atoms with van der Waals surface area (Å²) in [6.07, 6.45) is 6.50. The molecule has 3 fully saturated rings. The van der Waals surface area contributed by atoms with Crippen LogP contribution in [0.5, 0.6) is 0 Å². The van der Waals surface area contributed by atoms with Crippen molar-refractivity contribution in [2.75, 3.05) is 33.4 Å². The van der Waals surface area contributed by atoms with Gasteiger partial charge in [0, 0.05) is 30.4 Å². The van der Waals surface area contributed by atoms with E-state index < -0.39 is 5.97 Å². The number of likely N-dealkylation sites (tertiary alicyclic amines) is 1. The number of guanidine groups is 1. The van der Waals surface area contributed by atoms with Gasteiger partial charge >= 0.3 is 0 Å². The van der Waals surface area contributed by atoms with Crippen molar-refractivity contribution < 1.29 is 19.5 Å². The summed E-state index contributed by atoms with van der Waals surface area (Å²) >= 11 is 0. The number of nitrogens with zero attached hydrogens (tertiary/aromatic N) is 1. The van der Waals surface area contributed by atoms with Crippen molar-refractivity contribution in [2.45, 2.75) is 52.4 Å². The fourth-order valence-corrected chi connectivity index (χ4v) is 7.74. The molecule has 6 atom stereocenters. The number of aliphatic carboxylic acids is 1. The molecule has 1 saturated heterocycles. The average Bonchev–Trinajstić information content (AvgIpc) is 3.08. The van der Waals surface area contributed by atoms with E-state index in [0.717, 1.165) is 32.4 Å². The summed E-state index contributed by atoms with van der Waals surface area (Å²) in [5.41, 5.74) is 8.14. The summed E-state index contributed by atoms with van der Waals surface area (Å²) in [5, 5.41) is 12.2. The molecule has 4 rings (SSSR count). The summed E-state index contributed by atoms with van der Waals surface area (Å²) in [6.45, 7) is 7.44. The van der Waals surface area contributed by atoms with E-state index in [9.17, 15) is 9.90 Å². The average molecular weight is 390 g/mol. The highest BCUT2D eigenvalue weighted by Crippen LogP contribution is 2.74. The highest BCUT2D eigenvalue weighted by atomic mass is 16.5. The maximum atomic E-state index is 12.2. The lowest BCUT2D eigenvalue weighted by Crippen LogP contribution is -3.18. The van der Waals surface area contributed by atoms with Crippen LogP contribution in [0.4, 0.5) is 0 Å². The number of rotatable bonds is 4. The number of hydrogen-bond acceptors (Lipinski definition) is 4. The molecule has 3 aliphatic carbocycles. The van der Waals surface area contributed by atoms with Crippen LogP contribution < -0.4 is 15.7 Å². The molecule has 1 aliphatic heterocycles. The van der Waals surface area contributed by atoms with Gasteiger partial charge in [0.1, 0.15) is 0 Å². The first kappa shape index (κ1) is 19.9. The van der Waals surface area contributed by atoms with Gasteiger partial charge < -0.3 is 20.4 Å². The Labute approximate surface area is 168 Å². The fraction of sp³-hybridized carbons (Fsp3) is 0.818. The van der Waals surface area contributed by atoms with Crippen molar-refractivity contribution in [3.63, 3.8) is 0 Å². The van der Waals surface area contributed by atoms with E-state index in [2.05, 4.69) is 11.9 Å². The maximum absolute atomic E-state index is 12.2. The molecule has 6 nitrogen and oxygen atoms in total. The minimum absolute atomic E-state index is 0.0349. The van der Waals surface area contributed by atoms with Crippen LogP contribution in [0, 0.1) is 28.6 Å². The molecule has 0 aromatic heterocycles. The Hall–Kier alpha value is -1.40. The largest absolute Gasteiger partial charge is 0.545 e. The lowest BCUT2D eigenvalue weighted by atomic mass is 9.48. The fourth-order valence-electron chi connectivity index (χ4n) is 7.74. The van der Waals surface area contributed by atoms with Gasteiger partial charge in [-0.2, -0.15) is 0 Å². The molecule has 2 saturated carbocycles. The third kappa shape index (κ3) is 2.53. The van der Waals surface area contributed by atoms with Gasteiger partial charge in [0.25, 0.3) is 5.96 Å². The van der Waals surface area contributed by atoms with Gasteiger partial charge in [0.15, 0.2) is 0 Å². The summed E-state index contributed by atoms with van der Waals surface area (Å²) < 4.78 is 5.72. The highest BCUT2D eigenvalue weighted by Gasteiger charge is 2.71. The van der Waals surface area contributed by atoms with Gasteiger partial charge in [0.05, 0.1) is 25.7 Å². The van der Waals surface area contributed by atoms with E-state index >= 15 is 0 Å². The van der Waals surface area contributed by atoms with E-state index in [1.807, 2.05) is 6.92 Å². The Balaban J connectivity index is 1.81. The van der Waals surface area contributed by atoms with Gasteiger partial charge in [-0.25, -0.2) is 4.99 Å². The first-order valence-corrected chi connectivity index (χ1v) is 11.0. The number of ether oxygens (including phenoxy) is 1. The lowest BCUT2D eigenvalue weighted by Gasteiger charge is -2.57. The van der Waals surface area contributed by atoms with Crippen LogP contribution in [-0.2, 0) is 9.53 Å². The number of nitrogens with two attached hydrogens (primary N) is 1. The van der Waals surface area contributed by atoms with Crippen LogP contribution in [-0.4, -0.2) is 45.3 Å². The van der Waals surface area contributed by atoms with Crippen LogP contribution in [0.3, 0.4) is 0 Å². The van der Waals surface area contributed by atoms with E-state index in [1.165, 1.54) is 29.7 Å². The Bertz CT molecular complexity index is 718. The maximum Gasteiger partial charge on any atom is 0.293 e. The minimum atomic E-state index is -0.971. The predicted octanol–water partition coefficient (Wildman–Crippen LogP) is 0.135. The third-order valence-electron chi connectivity index (χ3n) is 8.73. The molecule has 0 aromatic carbocycles. The second kappa shape index (κ2) is 7.13. The van der Waals surface area contributed by atoms with Crippen LogP contribution in [0.2, 0.25) is 0 Å². The first-order chi connectivity index (χ1) is 13.4. The van der Waals surface area contributed by atoms with Crippen LogP contribution in [0.1, 0.15) is 52.4 Å². The number of nitrogens with one attached hydrogen (secondary N) is 1. The summed E-state index contributed by atoms with van der Waals surface area (Å²) in [7, 11) is 1.77. The number of carboxylic acids is 1. The van der Waals surface area contributed by atoms with Gasteiger partial charge in [-0.1, -0.05) is 12.5 Å². The zero-order valence-corrected chi connectivity index (χ0v) is 17.6. The van der Waals surface area contributed by atoms with Crippen molar-refractivity contribution in [2.24, 2.45) is 39.3 Å². The first-order valence-electron chi connectivity index (χ1n) is 11.0. The van der Waals surface area contributed by atoms with Gasteiger partial charge in [-0.05, 0) is 62.9 Å². The second-order valence-corrected chi connectivity index (χ2v) is 9.49. The molecule has 6 heteroatoms. The zero-order chi connectivity index (χ0) is 20.1. The van der Waals surface area contributed by atoms with E-state index in [-0.39, 0.29) is 16.7 Å². The number of hydrogen-bond donors (Lipinski definition) is 2. The summed E-state index contributed by atoms with van der Waals surface area (Å²) in [6, 6.07) is 0. The van der Waals surface area contributed by atoms with Crippen molar-refractivity contribution in [3.8, 4) is 0 Å². The standard InChI is InChI=1S/C22H35N3O3/c1-4-28-12-15-11-22-14(2)6-7-16(10-17(22)18(15)19(26)27)21(22)8-5-9-25(13-21)20(23)24-3/h14-16H,4-13H2,1-3H3,(H2,23,24)(H,26,27)/t14-,15-,16-,21-,22+/m1/s1.